The van der Waals surface area contributed by atoms with Crippen molar-refractivity contribution in [3.8, 4) is 5.75 Å². The number of methoxy groups -OCH3 is 1. The van der Waals surface area contributed by atoms with Gasteiger partial charge in [0.25, 0.3) is 0 Å². The molecular formula is C17H26N2O. The van der Waals surface area contributed by atoms with Crippen molar-refractivity contribution in [2.24, 2.45) is 0 Å². The molecule has 0 amide bonds. The van der Waals surface area contributed by atoms with Crippen LogP contribution in [0.2, 0.25) is 0 Å². The van der Waals surface area contributed by atoms with Crippen molar-refractivity contribution in [1.82, 2.24) is 10.2 Å². The highest BCUT2D eigenvalue weighted by molar-refractivity contribution is 5.38. The van der Waals surface area contributed by atoms with Gasteiger partial charge in [-0.2, -0.15) is 0 Å². The average molecular weight is 274 g/mol. The van der Waals surface area contributed by atoms with E-state index in [0.717, 1.165) is 31.8 Å². The molecule has 0 radical (unpaired) electrons. The molecule has 0 bridgehead atoms. The highest BCUT2D eigenvalue weighted by Gasteiger charge is 2.36. The van der Waals surface area contributed by atoms with E-state index in [1.54, 1.807) is 7.11 Å². The molecule has 3 heteroatoms. The van der Waals surface area contributed by atoms with E-state index in [-0.39, 0.29) is 5.54 Å². The van der Waals surface area contributed by atoms with Crippen LogP contribution in [0, 0.1) is 0 Å². The normalized spacial score (nSPS) is 26.1. The molecule has 20 heavy (non-hydrogen) atoms. The Balaban J connectivity index is 1.80. The summed E-state index contributed by atoms with van der Waals surface area (Å²) in [7, 11) is 1.75. The Bertz CT molecular complexity index is 484. The van der Waals surface area contributed by atoms with E-state index < -0.39 is 0 Å². The van der Waals surface area contributed by atoms with Crippen LogP contribution in [-0.4, -0.2) is 43.2 Å². The summed E-state index contributed by atoms with van der Waals surface area (Å²) in [4.78, 5) is 2.71. The van der Waals surface area contributed by atoms with Gasteiger partial charge in [-0.1, -0.05) is 6.07 Å². The minimum absolute atomic E-state index is 0.263. The van der Waals surface area contributed by atoms with E-state index in [2.05, 4.69) is 42.3 Å². The Morgan fingerprint density at radius 1 is 1.30 bits per heavy atom. The number of rotatable bonds is 2. The van der Waals surface area contributed by atoms with Gasteiger partial charge in [0.2, 0.25) is 0 Å². The molecule has 1 aliphatic carbocycles. The number of ether oxygens (including phenoxy) is 1. The van der Waals surface area contributed by atoms with Crippen LogP contribution in [0.25, 0.3) is 0 Å². The number of hydrogen-bond donors (Lipinski definition) is 1. The van der Waals surface area contributed by atoms with Crippen molar-refractivity contribution < 1.29 is 4.74 Å². The molecule has 3 rings (SSSR count). The molecule has 0 aromatic heterocycles. The first kappa shape index (κ1) is 13.9. The van der Waals surface area contributed by atoms with Gasteiger partial charge in [0.15, 0.2) is 0 Å². The maximum Gasteiger partial charge on any atom is 0.119 e. The van der Waals surface area contributed by atoms with E-state index >= 15 is 0 Å². The van der Waals surface area contributed by atoms with Crippen molar-refractivity contribution >= 4 is 0 Å². The lowest BCUT2D eigenvalue weighted by Gasteiger charge is -2.48. The molecule has 2 aliphatic rings. The fourth-order valence-electron chi connectivity index (χ4n) is 3.78. The summed E-state index contributed by atoms with van der Waals surface area (Å²) < 4.78 is 5.38. The van der Waals surface area contributed by atoms with Gasteiger partial charge in [-0.05, 0) is 56.4 Å². The molecule has 1 atom stereocenters. The van der Waals surface area contributed by atoms with Crippen LogP contribution >= 0.6 is 0 Å². The summed E-state index contributed by atoms with van der Waals surface area (Å²) >= 11 is 0. The molecular weight excluding hydrogens is 248 g/mol. The summed E-state index contributed by atoms with van der Waals surface area (Å²) in [5.41, 5.74) is 3.25. The Morgan fingerprint density at radius 3 is 2.90 bits per heavy atom. The van der Waals surface area contributed by atoms with E-state index in [1.807, 2.05) is 0 Å². The first-order valence-electron chi connectivity index (χ1n) is 7.73. The van der Waals surface area contributed by atoms with Gasteiger partial charge in [-0.25, -0.2) is 0 Å². The fraction of sp³-hybridized carbons (Fsp3) is 0.647. The zero-order valence-corrected chi connectivity index (χ0v) is 12.9. The Morgan fingerprint density at radius 2 is 2.15 bits per heavy atom. The monoisotopic (exact) mass is 274 g/mol. The second kappa shape index (κ2) is 5.38. The van der Waals surface area contributed by atoms with Crippen molar-refractivity contribution in [2.45, 2.75) is 44.7 Å². The molecule has 110 valence electrons. The highest BCUT2D eigenvalue weighted by atomic mass is 16.5. The topological polar surface area (TPSA) is 24.5 Å². The SMILES string of the molecule is COc1ccc2c(c1)CC(N1CCNCC1(C)C)CC2. The quantitative estimate of drug-likeness (QED) is 0.895. The Kier molecular flexibility index (Phi) is 3.74. The molecule has 3 nitrogen and oxygen atoms in total. The van der Waals surface area contributed by atoms with Gasteiger partial charge in [0, 0.05) is 31.2 Å². The summed E-state index contributed by atoms with van der Waals surface area (Å²) in [6, 6.07) is 7.24. The number of piperazine rings is 1. The Hall–Kier alpha value is -1.06. The molecule has 1 fully saturated rings. The molecule has 1 aliphatic heterocycles. The maximum atomic E-state index is 5.38. The largest absolute Gasteiger partial charge is 0.497 e. The first-order valence-corrected chi connectivity index (χ1v) is 7.73. The molecule has 1 N–H and O–H groups in total. The van der Waals surface area contributed by atoms with Crippen molar-refractivity contribution in [2.75, 3.05) is 26.7 Å². The summed E-state index contributed by atoms with van der Waals surface area (Å²) in [6.45, 7) is 8.09. The van der Waals surface area contributed by atoms with E-state index in [9.17, 15) is 0 Å². The minimum atomic E-state index is 0.263. The maximum absolute atomic E-state index is 5.38. The second-order valence-corrected chi connectivity index (χ2v) is 6.71. The number of nitrogens with zero attached hydrogens (tertiary/aromatic N) is 1. The molecule has 1 saturated heterocycles. The van der Waals surface area contributed by atoms with Gasteiger partial charge in [-0.3, -0.25) is 4.90 Å². The van der Waals surface area contributed by atoms with Crippen molar-refractivity contribution in [3.63, 3.8) is 0 Å². The zero-order chi connectivity index (χ0) is 14.2. The molecule has 0 saturated carbocycles. The first-order chi connectivity index (χ1) is 9.60. The van der Waals surface area contributed by atoms with Gasteiger partial charge in [0.05, 0.1) is 7.11 Å². The van der Waals surface area contributed by atoms with Gasteiger partial charge < -0.3 is 10.1 Å². The van der Waals surface area contributed by atoms with Crippen molar-refractivity contribution in [1.29, 1.82) is 0 Å². The Labute approximate surface area is 122 Å². The molecule has 1 aromatic rings. The van der Waals surface area contributed by atoms with Crippen LogP contribution in [0.5, 0.6) is 5.75 Å². The average Bonchev–Trinajstić information content (AvgIpc) is 2.45. The van der Waals surface area contributed by atoms with E-state index in [4.69, 9.17) is 4.74 Å². The third-order valence-corrected chi connectivity index (χ3v) is 4.92. The summed E-state index contributed by atoms with van der Waals surface area (Å²) in [6.07, 6.45) is 3.64. The lowest BCUT2D eigenvalue weighted by atomic mass is 9.84. The number of hydrogen-bond acceptors (Lipinski definition) is 3. The van der Waals surface area contributed by atoms with Crippen molar-refractivity contribution in [3.05, 3.63) is 29.3 Å². The summed E-state index contributed by atoms with van der Waals surface area (Å²) in [5, 5.41) is 3.52. The minimum Gasteiger partial charge on any atom is -0.497 e. The smallest absolute Gasteiger partial charge is 0.119 e. The third-order valence-electron chi connectivity index (χ3n) is 4.92. The number of benzene rings is 1. The molecule has 1 aromatic carbocycles. The number of fused-ring (bicyclic) bond motifs is 1. The van der Waals surface area contributed by atoms with Gasteiger partial charge in [-0.15, -0.1) is 0 Å². The summed E-state index contributed by atoms with van der Waals surface area (Å²) in [5.74, 6) is 0.990. The molecule has 1 heterocycles. The number of aryl methyl sites for hydroxylation is 1. The fourth-order valence-corrected chi connectivity index (χ4v) is 3.78. The van der Waals surface area contributed by atoms with Crippen LogP contribution in [-0.2, 0) is 12.8 Å². The zero-order valence-electron chi connectivity index (χ0n) is 12.9. The predicted molar refractivity (Wildman–Crippen MR) is 82.5 cm³/mol. The third kappa shape index (κ3) is 2.57. The van der Waals surface area contributed by atoms with Crippen LogP contribution in [0.4, 0.5) is 0 Å². The van der Waals surface area contributed by atoms with Gasteiger partial charge >= 0.3 is 0 Å². The second-order valence-electron chi connectivity index (χ2n) is 6.71. The standard InChI is InChI=1S/C17H26N2O/c1-17(2)12-18-8-9-19(17)15-6-4-13-5-7-16(20-3)11-14(13)10-15/h5,7,11,15,18H,4,6,8-10,12H2,1-3H3. The van der Waals surface area contributed by atoms with Crippen LogP contribution in [0.3, 0.4) is 0 Å². The highest BCUT2D eigenvalue weighted by Crippen LogP contribution is 2.31. The van der Waals surface area contributed by atoms with Crippen LogP contribution in [0.1, 0.15) is 31.4 Å². The molecule has 0 spiro atoms. The van der Waals surface area contributed by atoms with Gasteiger partial charge in [0.1, 0.15) is 5.75 Å². The van der Waals surface area contributed by atoms with Crippen LogP contribution < -0.4 is 10.1 Å². The molecule has 1 unspecified atom stereocenters. The van der Waals surface area contributed by atoms with Crippen LogP contribution in [0.15, 0.2) is 18.2 Å². The predicted octanol–water partition coefficient (Wildman–Crippen LogP) is 2.24. The number of nitrogens with one attached hydrogen (secondary N) is 1. The lowest BCUT2D eigenvalue weighted by Crippen LogP contribution is -2.62. The lowest BCUT2D eigenvalue weighted by molar-refractivity contribution is 0.0387. The van der Waals surface area contributed by atoms with E-state index in [1.165, 1.54) is 24.0 Å². The van der Waals surface area contributed by atoms with E-state index in [0.29, 0.717) is 6.04 Å².